The van der Waals surface area contributed by atoms with E-state index in [0.29, 0.717) is 11.8 Å². The molecule has 28 heavy (non-hydrogen) atoms. The molecule has 2 unspecified atom stereocenters. The summed E-state index contributed by atoms with van der Waals surface area (Å²) in [6, 6.07) is 33.0. The van der Waals surface area contributed by atoms with E-state index in [1.54, 1.807) is 0 Å². The molecule has 0 aliphatic rings. The topological polar surface area (TPSA) is 0 Å². The van der Waals surface area contributed by atoms with Crippen molar-refractivity contribution < 1.29 is 0 Å². The average Bonchev–Trinajstić information content (AvgIpc) is 2.77. The lowest BCUT2D eigenvalue weighted by atomic mass is 9.79. The summed E-state index contributed by atoms with van der Waals surface area (Å²) < 4.78 is 0. The summed E-state index contributed by atoms with van der Waals surface area (Å²) >= 11 is 0. The van der Waals surface area contributed by atoms with Crippen molar-refractivity contribution in [1.29, 1.82) is 0 Å². The van der Waals surface area contributed by atoms with Crippen LogP contribution >= 0.6 is 0 Å². The Morgan fingerprint density at radius 3 is 1.68 bits per heavy atom. The largest absolute Gasteiger partial charge is 0.0810 e. The lowest BCUT2D eigenvalue weighted by molar-refractivity contribution is 0.525. The van der Waals surface area contributed by atoms with Crippen LogP contribution in [0.1, 0.15) is 68.1 Å². The highest BCUT2D eigenvalue weighted by Crippen LogP contribution is 2.38. The molecule has 0 aliphatic carbocycles. The molecular weight excluding hydrogens is 336 g/mol. The molecule has 144 valence electrons. The quantitative estimate of drug-likeness (QED) is 0.357. The molecule has 0 fully saturated rings. The van der Waals surface area contributed by atoms with Crippen LogP contribution < -0.4 is 0 Å². The molecule has 0 aromatic heterocycles. The molecule has 0 heterocycles. The molecule has 2 atom stereocenters. The second-order valence-corrected chi connectivity index (χ2v) is 7.57. The van der Waals surface area contributed by atoms with Gasteiger partial charge in [-0.1, -0.05) is 111 Å². The zero-order chi connectivity index (χ0) is 19.6. The van der Waals surface area contributed by atoms with E-state index in [1.807, 2.05) is 0 Å². The van der Waals surface area contributed by atoms with Crippen LogP contribution in [-0.2, 0) is 0 Å². The summed E-state index contributed by atoms with van der Waals surface area (Å²) in [4.78, 5) is 0. The Bertz CT molecular complexity index is 831. The van der Waals surface area contributed by atoms with E-state index in [-0.39, 0.29) is 0 Å². The van der Waals surface area contributed by atoms with E-state index in [1.165, 1.54) is 35.1 Å². The third-order valence-corrected chi connectivity index (χ3v) is 5.67. The van der Waals surface area contributed by atoms with Crippen molar-refractivity contribution in [2.45, 2.75) is 51.4 Å². The van der Waals surface area contributed by atoms with Crippen molar-refractivity contribution in [3.63, 3.8) is 0 Å². The second kappa shape index (κ2) is 10.7. The maximum Gasteiger partial charge on any atom is -0.0116 e. The maximum atomic E-state index is 2.41. The van der Waals surface area contributed by atoms with Gasteiger partial charge in [-0.2, -0.15) is 0 Å². The number of allylic oxidation sites excluding steroid dienone is 2. The fraction of sp³-hybridized carbons (Fsp3) is 0.286. The van der Waals surface area contributed by atoms with Crippen LogP contribution in [0.25, 0.3) is 5.57 Å². The van der Waals surface area contributed by atoms with Gasteiger partial charge in [-0.15, -0.1) is 0 Å². The summed E-state index contributed by atoms with van der Waals surface area (Å²) in [5.74, 6) is 1.11. The SMILES string of the molecule is CC/C=C(\CC(CC(CC)c1ccccc1)c1ccccc1)c1ccccc1. The molecule has 0 N–H and O–H groups in total. The van der Waals surface area contributed by atoms with Gasteiger partial charge in [-0.25, -0.2) is 0 Å². The van der Waals surface area contributed by atoms with Crippen LogP contribution in [0.4, 0.5) is 0 Å². The lowest BCUT2D eigenvalue weighted by Crippen LogP contribution is -2.08. The Kier molecular flexibility index (Phi) is 7.67. The molecule has 3 rings (SSSR count). The highest BCUT2D eigenvalue weighted by Gasteiger charge is 2.20. The van der Waals surface area contributed by atoms with E-state index < -0.39 is 0 Å². The Morgan fingerprint density at radius 2 is 1.18 bits per heavy atom. The first-order valence-electron chi connectivity index (χ1n) is 10.7. The summed E-state index contributed by atoms with van der Waals surface area (Å²) in [7, 11) is 0. The molecule has 0 bridgehead atoms. The first-order valence-corrected chi connectivity index (χ1v) is 10.7. The van der Waals surface area contributed by atoms with Gasteiger partial charge in [-0.05, 0) is 59.8 Å². The first-order chi connectivity index (χ1) is 13.8. The van der Waals surface area contributed by atoms with Crippen molar-refractivity contribution in [3.05, 3.63) is 114 Å². The van der Waals surface area contributed by atoms with Crippen LogP contribution in [0, 0.1) is 0 Å². The fourth-order valence-electron chi connectivity index (χ4n) is 4.15. The predicted molar refractivity (Wildman–Crippen MR) is 123 cm³/mol. The second-order valence-electron chi connectivity index (χ2n) is 7.57. The van der Waals surface area contributed by atoms with Gasteiger partial charge in [0.2, 0.25) is 0 Å². The normalized spacial score (nSPS) is 13.9. The van der Waals surface area contributed by atoms with Crippen molar-refractivity contribution in [1.82, 2.24) is 0 Å². The van der Waals surface area contributed by atoms with E-state index in [4.69, 9.17) is 0 Å². The summed E-state index contributed by atoms with van der Waals surface area (Å²) in [5.41, 5.74) is 5.75. The predicted octanol–water partition coefficient (Wildman–Crippen LogP) is 8.24. The minimum atomic E-state index is 0.518. The van der Waals surface area contributed by atoms with E-state index in [9.17, 15) is 0 Å². The number of rotatable bonds is 9. The van der Waals surface area contributed by atoms with Crippen LogP contribution in [0.3, 0.4) is 0 Å². The van der Waals surface area contributed by atoms with Gasteiger partial charge in [0.15, 0.2) is 0 Å². The number of hydrogen-bond donors (Lipinski definition) is 0. The number of hydrogen-bond acceptors (Lipinski definition) is 0. The Hall–Kier alpha value is -2.60. The molecule has 0 nitrogen and oxygen atoms in total. The van der Waals surface area contributed by atoms with Crippen molar-refractivity contribution in [2.24, 2.45) is 0 Å². The zero-order valence-electron chi connectivity index (χ0n) is 17.2. The molecule has 0 aliphatic heterocycles. The number of benzene rings is 3. The van der Waals surface area contributed by atoms with Gasteiger partial charge in [0.25, 0.3) is 0 Å². The molecule has 0 spiro atoms. The molecule has 3 aromatic rings. The smallest absolute Gasteiger partial charge is 0.0116 e. The summed E-state index contributed by atoms with van der Waals surface area (Å²) in [5, 5.41) is 0. The summed E-state index contributed by atoms with van der Waals surface area (Å²) in [6.45, 7) is 4.55. The van der Waals surface area contributed by atoms with Gasteiger partial charge < -0.3 is 0 Å². The fourth-order valence-corrected chi connectivity index (χ4v) is 4.15. The molecular formula is C28H32. The third kappa shape index (κ3) is 5.45. The minimum Gasteiger partial charge on any atom is -0.0810 e. The van der Waals surface area contributed by atoms with Crippen LogP contribution in [0.5, 0.6) is 0 Å². The summed E-state index contributed by atoms with van der Waals surface area (Å²) in [6.07, 6.45) is 6.92. The molecule has 0 radical (unpaired) electrons. The van der Waals surface area contributed by atoms with Crippen LogP contribution in [0.2, 0.25) is 0 Å². The molecule has 0 saturated heterocycles. The molecule has 3 aromatic carbocycles. The lowest BCUT2D eigenvalue weighted by Gasteiger charge is -2.25. The van der Waals surface area contributed by atoms with Crippen molar-refractivity contribution in [2.75, 3.05) is 0 Å². The first kappa shape index (κ1) is 20.1. The van der Waals surface area contributed by atoms with Gasteiger partial charge in [-0.3, -0.25) is 0 Å². The highest BCUT2D eigenvalue weighted by molar-refractivity contribution is 5.66. The van der Waals surface area contributed by atoms with E-state index >= 15 is 0 Å². The minimum absolute atomic E-state index is 0.518. The maximum absolute atomic E-state index is 2.41. The van der Waals surface area contributed by atoms with Gasteiger partial charge in [0.1, 0.15) is 0 Å². The Morgan fingerprint density at radius 1 is 0.679 bits per heavy atom. The third-order valence-electron chi connectivity index (χ3n) is 5.67. The van der Waals surface area contributed by atoms with Crippen molar-refractivity contribution in [3.8, 4) is 0 Å². The van der Waals surface area contributed by atoms with E-state index in [0.717, 1.165) is 12.8 Å². The standard InChI is InChI=1S/C28H32/c1-3-14-27(25-17-10-6-11-18-25)22-28(26-19-12-7-13-20-26)21-23(4-2)24-15-8-5-9-16-24/h5-20,23,28H,3-4,21-22H2,1-2H3/b27-14+. The molecule has 0 saturated carbocycles. The molecule has 0 amide bonds. The van der Waals surface area contributed by atoms with Gasteiger partial charge >= 0.3 is 0 Å². The van der Waals surface area contributed by atoms with Gasteiger partial charge in [0.05, 0.1) is 0 Å². The van der Waals surface area contributed by atoms with Gasteiger partial charge in [0, 0.05) is 0 Å². The van der Waals surface area contributed by atoms with Crippen LogP contribution in [-0.4, -0.2) is 0 Å². The monoisotopic (exact) mass is 368 g/mol. The zero-order valence-corrected chi connectivity index (χ0v) is 17.2. The Balaban J connectivity index is 1.90. The highest BCUT2D eigenvalue weighted by atomic mass is 14.2. The van der Waals surface area contributed by atoms with Crippen molar-refractivity contribution >= 4 is 5.57 Å². The molecule has 0 heteroatoms. The Labute approximate surface area is 171 Å². The average molecular weight is 369 g/mol. The van der Waals surface area contributed by atoms with E-state index in [2.05, 4.69) is 111 Å². The van der Waals surface area contributed by atoms with Crippen LogP contribution in [0.15, 0.2) is 97.1 Å².